The maximum Gasteiger partial charge on any atom is 0.416 e. The molecule has 1 unspecified atom stereocenters. The van der Waals surface area contributed by atoms with Gasteiger partial charge in [-0.3, -0.25) is 0 Å². The van der Waals surface area contributed by atoms with Crippen LogP contribution in [0.3, 0.4) is 0 Å². The fourth-order valence-electron chi connectivity index (χ4n) is 4.17. The normalized spacial score (nSPS) is 13.6. The molecule has 34 heavy (non-hydrogen) atoms. The second-order valence-electron chi connectivity index (χ2n) is 8.40. The van der Waals surface area contributed by atoms with E-state index in [0.29, 0.717) is 10.9 Å². The summed E-state index contributed by atoms with van der Waals surface area (Å²) in [4.78, 5) is 0. The molecule has 0 heterocycles. The van der Waals surface area contributed by atoms with Gasteiger partial charge in [-0.1, -0.05) is 30.3 Å². The summed E-state index contributed by atoms with van der Waals surface area (Å²) >= 11 is 0. The van der Waals surface area contributed by atoms with Crippen LogP contribution in [0.15, 0.2) is 78.9 Å². The molecule has 0 spiro atoms. The number of benzene rings is 4. The van der Waals surface area contributed by atoms with Gasteiger partial charge in [0, 0.05) is 12.1 Å². The average molecular weight is 468 g/mol. The third-order valence-corrected chi connectivity index (χ3v) is 6.05. The standard InChI is InChI=1S/C28H25F4NO/c1-17(20-5-4-6-25(15-20)34-3)33-18(2)21-13-22-14-24(29)11-12-26(22)27(16-21)19-7-9-23(10-8-19)28(30,31)32/h4-18,33H,1-3H3/t17-,18?/m1/s1. The van der Waals surface area contributed by atoms with Crippen LogP contribution in [0, 0.1) is 5.82 Å². The SMILES string of the molecule is COc1cccc([C@@H](C)NC(C)c2cc(-c3ccc(C(F)(F)F)cc3)c3ccc(F)cc3c2)c1. The van der Waals surface area contributed by atoms with Gasteiger partial charge in [0.25, 0.3) is 0 Å². The van der Waals surface area contributed by atoms with Crippen molar-refractivity contribution in [2.24, 2.45) is 0 Å². The first-order valence-electron chi connectivity index (χ1n) is 11.0. The van der Waals surface area contributed by atoms with Gasteiger partial charge in [0.15, 0.2) is 0 Å². The maximum absolute atomic E-state index is 14.0. The van der Waals surface area contributed by atoms with Crippen LogP contribution in [0.1, 0.15) is 42.6 Å². The van der Waals surface area contributed by atoms with Gasteiger partial charge in [-0.15, -0.1) is 0 Å². The molecule has 4 aromatic rings. The van der Waals surface area contributed by atoms with Crippen molar-refractivity contribution in [2.75, 3.05) is 7.11 Å². The Hall–Kier alpha value is -3.38. The predicted octanol–water partition coefficient (Wildman–Crippen LogP) is 8.09. The fourth-order valence-corrected chi connectivity index (χ4v) is 4.17. The highest BCUT2D eigenvalue weighted by Crippen LogP contribution is 2.36. The Morgan fingerprint density at radius 3 is 2.18 bits per heavy atom. The Bertz CT molecular complexity index is 1300. The quantitative estimate of drug-likeness (QED) is 0.289. The van der Waals surface area contributed by atoms with Crippen LogP contribution >= 0.6 is 0 Å². The van der Waals surface area contributed by atoms with Crippen molar-refractivity contribution in [1.29, 1.82) is 0 Å². The van der Waals surface area contributed by atoms with Crippen LogP contribution in [0.2, 0.25) is 0 Å². The Balaban J connectivity index is 1.72. The van der Waals surface area contributed by atoms with Crippen molar-refractivity contribution in [3.05, 3.63) is 101 Å². The van der Waals surface area contributed by atoms with Gasteiger partial charge in [-0.2, -0.15) is 13.2 Å². The highest BCUT2D eigenvalue weighted by molar-refractivity contribution is 5.97. The van der Waals surface area contributed by atoms with E-state index in [1.54, 1.807) is 13.2 Å². The summed E-state index contributed by atoms with van der Waals surface area (Å²) < 4.78 is 58.5. The lowest BCUT2D eigenvalue weighted by molar-refractivity contribution is -0.137. The van der Waals surface area contributed by atoms with Gasteiger partial charge in [-0.25, -0.2) is 4.39 Å². The number of fused-ring (bicyclic) bond motifs is 1. The zero-order chi connectivity index (χ0) is 24.5. The van der Waals surface area contributed by atoms with Gasteiger partial charge >= 0.3 is 6.18 Å². The molecule has 0 radical (unpaired) electrons. The predicted molar refractivity (Wildman–Crippen MR) is 127 cm³/mol. The van der Waals surface area contributed by atoms with Crippen LogP contribution < -0.4 is 10.1 Å². The molecule has 0 aromatic heterocycles. The van der Waals surface area contributed by atoms with E-state index in [1.807, 2.05) is 50.2 Å². The Morgan fingerprint density at radius 2 is 1.50 bits per heavy atom. The molecule has 0 fully saturated rings. The highest BCUT2D eigenvalue weighted by atomic mass is 19.4. The monoisotopic (exact) mass is 467 g/mol. The molecule has 0 saturated carbocycles. The molecule has 0 aliphatic carbocycles. The van der Waals surface area contributed by atoms with Crippen LogP contribution in [-0.2, 0) is 6.18 Å². The van der Waals surface area contributed by atoms with Crippen molar-refractivity contribution in [3.8, 4) is 16.9 Å². The molecule has 0 amide bonds. The third kappa shape index (κ3) is 5.07. The summed E-state index contributed by atoms with van der Waals surface area (Å²) in [5.74, 6) is 0.401. The lowest BCUT2D eigenvalue weighted by Gasteiger charge is -2.22. The molecule has 0 aliphatic heterocycles. The molecule has 1 N–H and O–H groups in total. The molecule has 2 atom stereocenters. The number of rotatable bonds is 6. The van der Waals surface area contributed by atoms with Crippen molar-refractivity contribution in [2.45, 2.75) is 32.1 Å². The summed E-state index contributed by atoms with van der Waals surface area (Å²) in [6.45, 7) is 4.05. The van der Waals surface area contributed by atoms with Gasteiger partial charge in [0.2, 0.25) is 0 Å². The van der Waals surface area contributed by atoms with E-state index in [4.69, 9.17) is 4.74 Å². The highest BCUT2D eigenvalue weighted by Gasteiger charge is 2.30. The molecule has 4 aromatic carbocycles. The minimum atomic E-state index is -4.40. The Morgan fingerprint density at radius 1 is 0.794 bits per heavy atom. The molecule has 4 rings (SSSR count). The van der Waals surface area contributed by atoms with Crippen LogP contribution in [0.5, 0.6) is 5.75 Å². The second kappa shape index (κ2) is 9.47. The lowest BCUT2D eigenvalue weighted by Crippen LogP contribution is -2.22. The summed E-state index contributed by atoms with van der Waals surface area (Å²) in [5.41, 5.74) is 2.65. The molecule has 0 aliphatic rings. The summed E-state index contributed by atoms with van der Waals surface area (Å²) in [6, 6.07) is 21.1. The minimum absolute atomic E-state index is 0.00262. The molecular weight excluding hydrogens is 442 g/mol. The van der Waals surface area contributed by atoms with Crippen LogP contribution in [-0.4, -0.2) is 7.11 Å². The minimum Gasteiger partial charge on any atom is -0.497 e. The first-order valence-corrected chi connectivity index (χ1v) is 11.0. The van der Waals surface area contributed by atoms with Gasteiger partial charge in [0.1, 0.15) is 11.6 Å². The van der Waals surface area contributed by atoms with Crippen LogP contribution in [0.4, 0.5) is 17.6 Å². The topological polar surface area (TPSA) is 21.3 Å². The lowest BCUT2D eigenvalue weighted by atomic mass is 9.92. The van der Waals surface area contributed by atoms with E-state index in [0.717, 1.165) is 40.0 Å². The zero-order valence-corrected chi connectivity index (χ0v) is 19.1. The smallest absolute Gasteiger partial charge is 0.416 e. The van der Waals surface area contributed by atoms with Crippen molar-refractivity contribution < 1.29 is 22.3 Å². The van der Waals surface area contributed by atoms with Gasteiger partial charge in [0.05, 0.1) is 12.7 Å². The van der Waals surface area contributed by atoms with Gasteiger partial charge in [-0.05, 0) is 95.4 Å². The van der Waals surface area contributed by atoms with E-state index in [1.165, 1.54) is 24.3 Å². The van der Waals surface area contributed by atoms with Crippen molar-refractivity contribution in [1.82, 2.24) is 5.32 Å². The molecule has 176 valence electrons. The first-order chi connectivity index (χ1) is 16.2. The maximum atomic E-state index is 14.0. The van der Waals surface area contributed by atoms with E-state index in [2.05, 4.69) is 5.32 Å². The van der Waals surface area contributed by atoms with E-state index >= 15 is 0 Å². The average Bonchev–Trinajstić information content (AvgIpc) is 2.82. The number of nitrogens with one attached hydrogen (secondary N) is 1. The number of hydrogen-bond donors (Lipinski definition) is 1. The molecule has 0 bridgehead atoms. The van der Waals surface area contributed by atoms with Crippen molar-refractivity contribution >= 4 is 10.8 Å². The first kappa shape index (κ1) is 23.8. The van der Waals surface area contributed by atoms with Crippen molar-refractivity contribution in [3.63, 3.8) is 0 Å². The van der Waals surface area contributed by atoms with E-state index in [9.17, 15) is 17.6 Å². The number of ether oxygens (including phenoxy) is 1. The number of methoxy groups -OCH3 is 1. The summed E-state index contributed by atoms with van der Waals surface area (Å²) in [5, 5.41) is 5.02. The third-order valence-electron chi connectivity index (χ3n) is 6.05. The largest absolute Gasteiger partial charge is 0.497 e. The summed E-state index contributed by atoms with van der Waals surface area (Å²) in [7, 11) is 1.62. The molecule has 6 heteroatoms. The number of hydrogen-bond acceptors (Lipinski definition) is 2. The Labute approximate surface area is 196 Å². The number of alkyl halides is 3. The van der Waals surface area contributed by atoms with Crippen LogP contribution in [0.25, 0.3) is 21.9 Å². The second-order valence-corrected chi connectivity index (χ2v) is 8.40. The molecule has 2 nitrogen and oxygen atoms in total. The summed E-state index contributed by atoms with van der Waals surface area (Å²) in [6.07, 6.45) is -4.40. The number of halogens is 4. The molecular formula is C28H25F4NO. The Kier molecular flexibility index (Phi) is 6.62. The zero-order valence-electron chi connectivity index (χ0n) is 19.1. The van der Waals surface area contributed by atoms with E-state index < -0.39 is 11.7 Å². The fraction of sp³-hybridized carbons (Fsp3) is 0.214. The van der Waals surface area contributed by atoms with E-state index in [-0.39, 0.29) is 17.9 Å². The van der Waals surface area contributed by atoms with Gasteiger partial charge < -0.3 is 10.1 Å². The molecule has 0 saturated heterocycles.